The fourth-order valence-electron chi connectivity index (χ4n) is 3.98. The summed E-state index contributed by atoms with van der Waals surface area (Å²) in [5.41, 5.74) is 0.936. The average Bonchev–Trinajstić information content (AvgIpc) is 2.72. The highest BCUT2D eigenvalue weighted by Gasteiger charge is 2.32. The third-order valence-corrected chi connectivity index (χ3v) is 5.47. The zero-order valence-electron chi connectivity index (χ0n) is 19.6. The molecule has 2 rings (SSSR count). The molecule has 1 aliphatic rings. The standard InChI is InChI=1S/C23H36N4O4/c1-16(2)27(17(3)4)23(30)26-13-11-25(12-14-26)22(29)21(24-18(5)28)15-19-7-9-20(31-6)10-8-19/h7-10,16-17,21H,11-15H2,1-6H3,(H,24,28)/t21-/m0/s1. The first-order valence-corrected chi connectivity index (χ1v) is 10.9. The molecule has 0 saturated carbocycles. The fraction of sp³-hybridized carbons (Fsp3) is 0.609. The number of carbonyl (C=O) groups is 3. The van der Waals surface area contributed by atoms with Crippen LogP contribution in [0.5, 0.6) is 5.75 Å². The van der Waals surface area contributed by atoms with Crippen LogP contribution in [0.1, 0.15) is 40.2 Å². The summed E-state index contributed by atoms with van der Waals surface area (Å²) in [7, 11) is 1.60. The highest BCUT2D eigenvalue weighted by Crippen LogP contribution is 2.16. The number of hydrogen-bond donors (Lipinski definition) is 1. The van der Waals surface area contributed by atoms with E-state index in [1.54, 1.807) is 16.9 Å². The van der Waals surface area contributed by atoms with Gasteiger partial charge in [0, 0.05) is 51.6 Å². The number of rotatable bonds is 7. The highest BCUT2D eigenvalue weighted by molar-refractivity contribution is 5.87. The van der Waals surface area contributed by atoms with Gasteiger partial charge in [-0.1, -0.05) is 12.1 Å². The molecule has 4 amide bonds. The Labute approximate surface area is 185 Å². The summed E-state index contributed by atoms with van der Waals surface area (Å²) in [5, 5.41) is 2.79. The molecule has 1 heterocycles. The maximum absolute atomic E-state index is 13.2. The number of urea groups is 1. The van der Waals surface area contributed by atoms with Crippen LogP contribution in [0.4, 0.5) is 4.79 Å². The molecule has 8 heteroatoms. The summed E-state index contributed by atoms with van der Waals surface area (Å²) in [6.45, 7) is 11.3. The van der Waals surface area contributed by atoms with Gasteiger partial charge < -0.3 is 24.8 Å². The maximum Gasteiger partial charge on any atom is 0.320 e. The number of hydrogen-bond acceptors (Lipinski definition) is 4. The second-order valence-corrected chi connectivity index (χ2v) is 8.49. The van der Waals surface area contributed by atoms with Gasteiger partial charge in [0.05, 0.1) is 7.11 Å². The van der Waals surface area contributed by atoms with E-state index in [2.05, 4.69) is 5.32 Å². The number of methoxy groups -OCH3 is 1. The van der Waals surface area contributed by atoms with E-state index in [1.165, 1.54) is 6.92 Å². The smallest absolute Gasteiger partial charge is 0.320 e. The van der Waals surface area contributed by atoms with E-state index in [4.69, 9.17) is 4.74 Å². The van der Waals surface area contributed by atoms with Gasteiger partial charge in [-0.25, -0.2) is 4.79 Å². The summed E-state index contributed by atoms with van der Waals surface area (Å²) < 4.78 is 5.18. The molecule has 1 aliphatic heterocycles. The molecule has 1 N–H and O–H groups in total. The van der Waals surface area contributed by atoms with E-state index in [0.29, 0.717) is 32.6 Å². The van der Waals surface area contributed by atoms with Crippen LogP contribution in [-0.2, 0) is 16.0 Å². The first-order valence-electron chi connectivity index (χ1n) is 10.9. The lowest BCUT2D eigenvalue weighted by Gasteiger charge is -2.41. The minimum atomic E-state index is -0.643. The molecule has 0 unspecified atom stereocenters. The zero-order valence-corrected chi connectivity index (χ0v) is 19.6. The number of nitrogens with one attached hydrogen (secondary N) is 1. The molecule has 0 spiro atoms. The van der Waals surface area contributed by atoms with Crippen molar-refractivity contribution < 1.29 is 19.1 Å². The van der Waals surface area contributed by atoms with Crippen molar-refractivity contribution >= 4 is 17.8 Å². The lowest BCUT2D eigenvalue weighted by Crippen LogP contribution is -2.59. The number of benzene rings is 1. The Hall–Kier alpha value is -2.77. The second kappa shape index (κ2) is 11.0. The Bertz CT molecular complexity index is 747. The molecule has 1 fully saturated rings. The first kappa shape index (κ1) is 24.5. The lowest BCUT2D eigenvalue weighted by molar-refractivity contribution is -0.137. The SMILES string of the molecule is COc1ccc(C[C@H](NC(C)=O)C(=O)N2CCN(C(=O)N(C(C)C)C(C)C)CC2)cc1. The Morgan fingerprint density at radius 1 is 0.968 bits per heavy atom. The van der Waals surface area contributed by atoms with E-state index in [0.717, 1.165) is 11.3 Å². The van der Waals surface area contributed by atoms with Gasteiger partial charge >= 0.3 is 6.03 Å². The molecular formula is C23H36N4O4. The van der Waals surface area contributed by atoms with E-state index < -0.39 is 6.04 Å². The highest BCUT2D eigenvalue weighted by atomic mass is 16.5. The Morgan fingerprint density at radius 3 is 1.94 bits per heavy atom. The third kappa shape index (κ3) is 6.60. The van der Waals surface area contributed by atoms with E-state index in [1.807, 2.05) is 56.9 Å². The van der Waals surface area contributed by atoms with Gasteiger partial charge in [0.2, 0.25) is 11.8 Å². The van der Waals surface area contributed by atoms with Gasteiger partial charge in [-0.05, 0) is 45.4 Å². The average molecular weight is 433 g/mol. The first-order chi connectivity index (χ1) is 14.6. The molecule has 1 atom stereocenters. The molecule has 172 valence electrons. The van der Waals surface area contributed by atoms with Crippen molar-refractivity contribution in [3.8, 4) is 5.75 Å². The molecule has 1 saturated heterocycles. The number of carbonyl (C=O) groups excluding carboxylic acids is 3. The Balaban J connectivity index is 2.02. The predicted molar refractivity (Wildman–Crippen MR) is 120 cm³/mol. The summed E-state index contributed by atoms with van der Waals surface area (Å²) in [6.07, 6.45) is 0.399. The third-order valence-electron chi connectivity index (χ3n) is 5.47. The van der Waals surface area contributed by atoms with E-state index in [-0.39, 0.29) is 29.9 Å². The largest absolute Gasteiger partial charge is 0.497 e. The molecule has 0 radical (unpaired) electrons. The van der Waals surface area contributed by atoms with Gasteiger partial charge in [-0.2, -0.15) is 0 Å². The van der Waals surface area contributed by atoms with Crippen LogP contribution >= 0.6 is 0 Å². The second-order valence-electron chi connectivity index (χ2n) is 8.49. The van der Waals surface area contributed by atoms with Crippen LogP contribution in [0.15, 0.2) is 24.3 Å². The van der Waals surface area contributed by atoms with Gasteiger partial charge in [0.1, 0.15) is 11.8 Å². The summed E-state index contributed by atoms with van der Waals surface area (Å²) in [5.74, 6) is 0.372. The number of amides is 4. The number of nitrogens with zero attached hydrogens (tertiary/aromatic N) is 3. The van der Waals surface area contributed by atoms with Crippen molar-refractivity contribution in [2.75, 3.05) is 33.3 Å². The van der Waals surface area contributed by atoms with Gasteiger partial charge in [0.15, 0.2) is 0 Å². The zero-order chi connectivity index (χ0) is 23.1. The van der Waals surface area contributed by atoms with Gasteiger partial charge in [0.25, 0.3) is 0 Å². The van der Waals surface area contributed by atoms with E-state index in [9.17, 15) is 14.4 Å². The molecular weight excluding hydrogens is 396 g/mol. The van der Waals surface area contributed by atoms with Crippen molar-refractivity contribution in [1.82, 2.24) is 20.0 Å². The van der Waals surface area contributed by atoms with Crippen molar-refractivity contribution in [3.63, 3.8) is 0 Å². The van der Waals surface area contributed by atoms with Crippen molar-refractivity contribution in [3.05, 3.63) is 29.8 Å². The minimum absolute atomic E-state index is 0.00810. The predicted octanol–water partition coefficient (Wildman–Crippen LogP) is 2.13. The summed E-state index contributed by atoms with van der Waals surface area (Å²) in [4.78, 5) is 43.2. The minimum Gasteiger partial charge on any atom is -0.497 e. The quantitative estimate of drug-likeness (QED) is 0.716. The number of piperazine rings is 1. The van der Waals surface area contributed by atoms with Crippen LogP contribution in [0, 0.1) is 0 Å². The van der Waals surface area contributed by atoms with Crippen LogP contribution in [0.3, 0.4) is 0 Å². The molecule has 0 aromatic heterocycles. The Kier molecular flexibility index (Phi) is 8.71. The fourth-order valence-corrected chi connectivity index (χ4v) is 3.98. The lowest BCUT2D eigenvalue weighted by atomic mass is 10.0. The molecule has 1 aromatic carbocycles. The normalized spacial score (nSPS) is 15.1. The summed E-state index contributed by atoms with van der Waals surface area (Å²) in [6, 6.07) is 7.05. The van der Waals surface area contributed by atoms with Crippen molar-refractivity contribution in [2.45, 2.75) is 59.2 Å². The van der Waals surface area contributed by atoms with Gasteiger partial charge in [-0.15, -0.1) is 0 Å². The molecule has 0 aliphatic carbocycles. The van der Waals surface area contributed by atoms with Crippen molar-refractivity contribution in [2.24, 2.45) is 0 Å². The number of ether oxygens (including phenoxy) is 1. The van der Waals surface area contributed by atoms with Crippen LogP contribution in [0.25, 0.3) is 0 Å². The molecule has 1 aromatic rings. The van der Waals surface area contributed by atoms with Crippen molar-refractivity contribution in [1.29, 1.82) is 0 Å². The maximum atomic E-state index is 13.2. The summed E-state index contributed by atoms with van der Waals surface area (Å²) >= 11 is 0. The molecule has 8 nitrogen and oxygen atoms in total. The molecule has 0 bridgehead atoms. The van der Waals surface area contributed by atoms with Crippen LogP contribution in [-0.4, -0.2) is 84.0 Å². The molecule has 31 heavy (non-hydrogen) atoms. The topological polar surface area (TPSA) is 82.2 Å². The Morgan fingerprint density at radius 2 is 1.48 bits per heavy atom. The van der Waals surface area contributed by atoms with Crippen LogP contribution in [0.2, 0.25) is 0 Å². The van der Waals surface area contributed by atoms with Crippen LogP contribution < -0.4 is 10.1 Å². The monoisotopic (exact) mass is 432 g/mol. The van der Waals surface area contributed by atoms with Gasteiger partial charge in [-0.3, -0.25) is 9.59 Å². The van der Waals surface area contributed by atoms with E-state index >= 15 is 0 Å².